The summed E-state index contributed by atoms with van der Waals surface area (Å²) in [6.07, 6.45) is 0. The Hall–Kier alpha value is -1.02. The number of ether oxygens (including phenoxy) is 1. The van der Waals surface area contributed by atoms with E-state index in [2.05, 4.69) is 45.1 Å². The van der Waals surface area contributed by atoms with Crippen molar-refractivity contribution in [1.82, 2.24) is 5.32 Å². The second-order valence-electron chi connectivity index (χ2n) is 4.71. The van der Waals surface area contributed by atoms with Gasteiger partial charge < -0.3 is 10.1 Å². The standard InChI is InChI=1S/C14H23NO/c1-9(2)14(15-5)13-11(4)7-10(3)8-12(13)16-6/h7-9,14-15H,1-6H3. The first-order chi connectivity index (χ1) is 7.51. The normalized spacial score (nSPS) is 12.9. The number of benzene rings is 1. The Morgan fingerprint density at radius 1 is 1.19 bits per heavy atom. The Kier molecular flexibility index (Phi) is 4.36. The van der Waals surface area contributed by atoms with E-state index in [-0.39, 0.29) is 0 Å². The van der Waals surface area contributed by atoms with Crippen LogP contribution < -0.4 is 10.1 Å². The summed E-state index contributed by atoms with van der Waals surface area (Å²) in [7, 11) is 3.74. The molecule has 0 aromatic heterocycles. The molecule has 0 bridgehead atoms. The molecule has 1 rings (SSSR count). The molecule has 1 aromatic rings. The van der Waals surface area contributed by atoms with Gasteiger partial charge >= 0.3 is 0 Å². The lowest BCUT2D eigenvalue weighted by atomic mass is 9.91. The molecule has 1 aromatic carbocycles. The second-order valence-corrected chi connectivity index (χ2v) is 4.71. The van der Waals surface area contributed by atoms with Crippen LogP contribution in [0.2, 0.25) is 0 Å². The Morgan fingerprint density at radius 2 is 1.81 bits per heavy atom. The summed E-state index contributed by atoms with van der Waals surface area (Å²) in [4.78, 5) is 0. The van der Waals surface area contributed by atoms with Gasteiger partial charge in [0.1, 0.15) is 5.75 Å². The van der Waals surface area contributed by atoms with Gasteiger partial charge in [-0.3, -0.25) is 0 Å². The van der Waals surface area contributed by atoms with Crippen molar-refractivity contribution in [3.8, 4) is 5.75 Å². The molecule has 90 valence electrons. The smallest absolute Gasteiger partial charge is 0.124 e. The van der Waals surface area contributed by atoms with Crippen LogP contribution in [-0.2, 0) is 0 Å². The van der Waals surface area contributed by atoms with Gasteiger partial charge in [0, 0.05) is 11.6 Å². The molecule has 0 aliphatic rings. The van der Waals surface area contributed by atoms with Crippen LogP contribution in [0.4, 0.5) is 0 Å². The number of aryl methyl sites for hydroxylation is 2. The summed E-state index contributed by atoms with van der Waals surface area (Å²) in [6.45, 7) is 8.69. The minimum Gasteiger partial charge on any atom is -0.496 e. The summed E-state index contributed by atoms with van der Waals surface area (Å²) in [6, 6.07) is 4.66. The van der Waals surface area contributed by atoms with Gasteiger partial charge in [0.25, 0.3) is 0 Å². The SMILES string of the molecule is CNC(c1c(C)cc(C)cc1OC)C(C)C. The molecule has 1 unspecified atom stereocenters. The van der Waals surface area contributed by atoms with Gasteiger partial charge in [-0.05, 0) is 44.0 Å². The van der Waals surface area contributed by atoms with Crippen LogP contribution in [0.3, 0.4) is 0 Å². The molecule has 1 atom stereocenters. The minimum atomic E-state index is 0.343. The second kappa shape index (κ2) is 5.35. The largest absolute Gasteiger partial charge is 0.496 e. The molecule has 1 N–H and O–H groups in total. The van der Waals surface area contributed by atoms with Crippen LogP contribution in [-0.4, -0.2) is 14.2 Å². The van der Waals surface area contributed by atoms with E-state index in [1.807, 2.05) is 7.05 Å². The topological polar surface area (TPSA) is 21.3 Å². The summed E-state index contributed by atoms with van der Waals surface area (Å²) in [5, 5.41) is 3.37. The summed E-state index contributed by atoms with van der Waals surface area (Å²) >= 11 is 0. The lowest BCUT2D eigenvalue weighted by Crippen LogP contribution is -2.23. The van der Waals surface area contributed by atoms with Crippen molar-refractivity contribution in [2.45, 2.75) is 33.7 Å². The molecule has 2 nitrogen and oxygen atoms in total. The average Bonchev–Trinajstić information content (AvgIpc) is 2.21. The molecule has 2 heteroatoms. The number of methoxy groups -OCH3 is 1. The highest BCUT2D eigenvalue weighted by Crippen LogP contribution is 2.33. The molecule has 0 heterocycles. The van der Waals surface area contributed by atoms with Gasteiger partial charge in [-0.2, -0.15) is 0 Å². The van der Waals surface area contributed by atoms with E-state index in [4.69, 9.17) is 4.74 Å². The third kappa shape index (κ3) is 2.56. The third-order valence-corrected chi connectivity index (χ3v) is 3.00. The van der Waals surface area contributed by atoms with Crippen LogP contribution in [0, 0.1) is 19.8 Å². The first-order valence-corrected chi connectivity index (χ1v) is 5.83. The van der Waals surface area contributed by atoms with Gasteiger partial charge in [-0.25, -0.2) is 0 Å². The highest BCUT2D eigenvalue weighted by Gasteiger charge is 2.20. The van der Waals surface area contributed by atoms with Crippen molar-refractivity contribution in [2.24, 2.45) is 5.92 Å². The van der Waals surface area contributed by atoms with Crippen LogP contribution in [0.15, 0.2) is 12.1 Å². The molecule has 0 fully saturated rings. The van der Waals surface area contributed by atoms with E-state index in [1.54, 1.807) is 7.11 Å². The minimum absolute atomic E-state index is 0.343. The first kappa shape index (κ1) is 13.0. The molecule has 0 saturated carbocycles. The average molecular weight is 221 g/mol. The predicted octanol–water partition coefficient (Wildman–Crippen LogP) is 3.23. The molecule has 0 saturated heterocycles. The van der Waals surface area contributed by atoms with Crippen molar-refractivity contribution in [3.63, 3.8) is 0 Å². The molecule has 0 spiro atoms. The maximum Gasteiger partial charge on any atom is 0.124 e. The fraction of sp³-hybridized carbons (Fsp3) is 0.571. The van der Waals surface area contributed by atoms with E-state index in [0.717, 1.165) is 5.75 Å². The maximum atomic E-state index is 5.50. The lowest BCUT2D eigenvalue weighted by Gasteiger charge is -2.25. The van der Waals surface area contributed by atoms with E-state index >= 15 is 0 Å². The number of hydrogen-bond acceptors (Lipinski definition) is 2. The van der Waals surface area contributed by atoms with E-state index < -0.39 is 0 Å². The maximum absolute atomic E-state index is 5.50. The molecular weight excluding hydrogens is 198 g/mol. The van der Waals surface area contributed by atoms with Crippen LogP contribution in [0.5, 0.6) is 5.75 Å². The Balaban J connectivity index is 3.29. The molecule has 0 aliphatic heterocycles. The fourth-order valence-corrected chi connectivity index (χ4v) is 2.32. The highest BCUT2D eigenvalue weighted by atomic mass is 16.5. The van der Waals surface area contributed by atoms with E-state index in [9.17, 15) is 0 Å². The molecule has 0 radical (unpaired) electrons. The summed E-state index contributed by atoms with van der Waals surface area (Å²) in [5.74, 6) is 1.53. The van der Waals surface area contributed by atoms with Gasteiger partial charge in [0.05, 0.1) is 7.11 Å². The van der Waals surface area contributed by atoms with Crippen molar-refractivity contribution in [1.29, 1.82) is 0 Å². The van der Waals surface area contributed by atoms with Crippen molar-refractivity contribution < 1.29 is 4.74 Å². The monoisotopic (exact) mass is 221 g/mol. The Labute approximate surface area is 99.0 Å². The lowest BCUT2D eigenvalue weighted by molar-refractivity contribution is 0.380. The zero-order chi connectivity index (χ0) is 12.3. The Bertz CT molecular complexity index is 358. The molecular formula is C14H23NO. The van der Waals surface area contributed by atoms with Crippen LogP contribution in [0.1, 0.15) is 36.6 Å². The van der Waals surface area contributed by atoms with Gasteiger partial charge in [0.2, 0.25) is 0 Å². The summed E-state index contributed by atoms with van der Waals surface area (Å²) in [5.41, 5.74) is 3.83. The zero-order valence-electron chi connectivity index (χ0n) is 11.2. The van der Waals surface area contributed by atoms with Gasteiger partial charge in [0.15, 0.2) is 0 Å². The predicted molar refractivity (Wildman–Crippen MR) is 69.1 cm³/mol. The molecule has 16 heavy (non-hydrogen) atoms. The zero-order valence-corrected chi connectivity index (χ0v) is 11.2. The fourth-order valence-electron chi connectivity index (χ4n) is 2.32. The van der Waals surface area contributed by atoms with Gasteiger partial charge in [-0.1, -0.05) is 19.9 Å². The van der Waals surface area contributed by atoms with E-state index in [0.29, 0.717) is 12.0 Å². The number of nitrogens with one attached hydrogen (secondary N) is 1. The van der Waals surface area contributed by atoms with Gasteiger partial charge in [-0.15, -0.1) is 0 Å². The quantitative estimate of drug-likeness (QED) is 0.843. The Morgan fingerprint density at radius 3 is 2.25 bits per heavy atom. The van der Waals surface area contributed by atoms with Crippen LogP contribution >= 0.6 is 0 Å². The van der Waals surface area contributed by atoms with E-state index in [1.165, 1.54) is 16.7 Å². The van der Waals surface area contributed by atoms with Crippen molar-refractivity contribution >= 4 is 0 Å². The van der Waals surface area contributed by atoms with Crippen molar-refractivity contribution in [2.75, 3.05) is 14.2 Å². The van der Waals surface area contributed by atoms with Crippen molar-refractivity contribution in [3.05, 3.63) is 28.8 Å². The third-order valence-electron chi connectivity index (χ3n) is 3.00. The highest BCUT2D eigenvalue weighted by molar-refractivity contribution is 5.45. The number of rotatable bonds is 4. The summed E-state index contributed by atoms with van der Waals surface area (Å²) < 4.78 is 5.50. The number of hydrogen-bond donors (Lipinski definition) is 1. The molecule has 0 aliphatic carbocycles. The molecule has 0 amide bonds. The van der Waals surface area contributed by atoms with Crippen LogP contribution in [0.25, 0.3) is 0 Å². The first-order valence-electron chi connectivity index (χ1n) is 5.83.